The molecule has 28 heavy (non-hydrogen) atoms. The van der Waals surface area contributed by atoms with Crippen LogP contribution in [0.1, 0.15) is 49.2 Å². The molecule has 0 spiro atoms. The number of rotatable bonds is 4. The zero-order chi connectivity index (χ0) is 20.5. The van der Waals surface area contributed by atoms with E-state index in [9.17, 15) is 4.79 Å². The lowest BCUT2D eigenvalue weighted by atomic mass is 9.88. The van der Waals surface area contributed by atoms with Crippen LogP contribution < -0.4 is 10.3 Å². The zero-order valence-electron chi connectivity index (χ0n) is 16.4. The van der Waals surface area contributed by atoms with Crippen LogP contribution >= 0.6 is 23.2 Å². The number of carbonyl (C=O) groups excluding carboxylic acids is 1. The molecule has 0 bridgehead atoms. The average molecular weight is 416 g/mol. The number of nitrogens with one attached hydrogen (secondary N) is 1. The number of halogens is 2. The van der Waals surface area contributed by atoms with E-state index in [0.29, 0.717) is 15.6 Å². The molecule has 0 aliphatic carbocycles. The topological polar surface area (TPSA) is 44.7 Å². The van der Waals surface area contributed by atoms with E-state index in [2.05, 4.69) is 61.3 Å². The molecule has 146 valence electrons. The van der Waals surface area contributed by atoms with Crippen LogP contribution in [0.3, 0.4) is 0 Å². The van der Waals surface area contributed by atoms with Crippen LogP contribution in [0, 0.1) is 0 Å². The maximum absolute atomic E-state index is 12.2. The Hall–Kier alpha value is -2.30. The molecule has 0 fully saturated rings. The van der Waals surface area contributed by atoms with Crippen molar-refractivity contribution in [3.8, 4) is 0 Å². The first-order valence-corrected chi connectivity index (χ1v) is 9.88. The molecule has 1 amide bonds. The van der Waals surface area contributed by atoms with Gasteiger partial charge in [0.1, 0.15) is 0 Å². The van der Waals surface area contributed by atoms with Crippen molar-refractivity contribution in [1.82, 2.24) is 5.43 Å². The second kappa shape index (κ2) is 7.98. The summed E-state index contributed by atoms with van der Waals surface area (Å²) in [6.07, 6.45) is 3.92. The zero-order valence-corrected chi connectivity index (χ0v) is 17.9. The van der Waals surface area contributed by atoms with Crippen molar-refractivity contribution in [2.75, 3.05) is 11.4 Å². The number of anilines is 1. The minimum absolute atomic E-state index is 0.0186. The summed E-state index contributed by atoms with van der Waals surface area (Å²) >= 11 is 11.8. The number of allylic oxidation sites excluding steroid dienone is 1. The molecule has 1 N–H and O–H groups in total. The van der Waals surface area contributed by atoms with E-state index >= 15 is 0 Å². The smallest absolute Gasteiger partial charge is 0.271 e. The van der Waals surface area contributed by atoms with Crippen LogP contribution in [0.2, 0.25) is 10.0 Å². The Balaban J connectivity index is 1.78. The number of fused-ring (bicyclic) bond motifs is 1. The van der Waals surface area contributed by atoms with Gasteiger partial charge in [0, 0.05) is 23.4 Å². The number of hydrazone groups is 1. The summed E-state index contributed by atoms with van der Waals surface area (Å²) in [6, 6.07) is 10.9. The molecule has 2 aromatic carbocycles. The molecule has 0 atom stereocenters. The number of amides is 1. The molecular weight excluding hydrogens is 393 g/mol. The predicted molar refractivity (Wildman–Crippen MR) is 119 cm³/mol. The van der Waals surface area contributed by atoms with Gasteiger partial charge in [-0.05, 0) is 69.2 Å². The van der Waals surface area contributed by atoms with Gasteiger partial charge >= 0.3 is 0 Å². The molecule has 0 saturated heterocycles. The van der Waals surface area contributed by atoms with Crippen molar-refractivity contribution in [2.24, 2.45) is 5.10 Å². The summed E-state index contributed by atoms with van der Waals surface area (Å²) in [6.45, 7) is 9.65. The van der Waals surface area contributed by atoms with Crippen LogP contribution in [0.25, 0.3) is 5.57 Å². The van der Waals surface area contributed by atoms with E-state index < -0.39 is 0 Å². The Labute approximate surface area is 175 Å². The Kier molecular flexibility index (Phi) is 5.82. The molecular formula is C22H23Cl2N3O. The van der Waals surface area contributed by atoms with E-state index in [1.54, 1.807) is 18.3 Å². The average Bonchev–Trinajstić information content (AvgIpc) is 2.64. The summed E-state index contributed by atoms with van der Waals surface area (Å²) in [5.41, 5.74) is 7.45. The highest BCUT2D eigenvalue weighted by atomic mass is 35.5. The SMILES string of the molecule is CCN1c2ccc(/C=N/NC(=O)c3ccc(Cl)c(Cl)c3)cc2C(C)=CC1(C)C. The molecule has 0 unspecified atom stereocenters. The number of hydrogen-bond donors (Lipinski definition) is 1. The summed E-state index contributed by atoms with van der Waals surface area (Å²) in [5.74, 6) is -0.345. The highest BCUT2D eigenvalue weighted by molar-refractivity contribution is 6.42. The van der Waals surface area contributed by atoms with Gasteiger partial charge in [-0.2, -0.15) is 5.10 Å². The van der Waals surface area contributed by atoms with Gasteiger partial charge in [-0.25, -0.2) is 5.43 Å². The molecule has 4 nitrogen and oxygen atoms in total. The summed E-state index contributed by atoms with van der Waals surface area (Å²) in [4.78, 5) is 14.6. The molecule has 1 aliphatic rings. The highest BCUT2D eigenvalue weighted by Gasteiger charge is 2.29. The summed E-state index contributed by atoms with van der Waals surface area (Å²) in [7, 11) is 0. The first-order valence-electron chi connectivity index (χ1n) is 9.13. The quantitative estimate of drug-likeness (QED) is 0.507. The number of hydrogen-bond acceptors (Lipinski definition) is 3. The maximum Gasteiger partial charge on any atom is 0.271 e. The lowest BCUT2D eigenvalue weighted by molar-refractivity contribution is 0.0955. The van der Waals surface area contributed by atoms with Gasteiger partial charge in [-0.1, -0.05) is 35.3 Å². The molecule has 6 heteroatoms. The largest absolute Gasteiger partial charge is 0.363 e. The fourth-order valence-electron chi connectivity index (χ4n) is 3.63. The molecule has 1 heterocycles. The van der Waals surface area contributed by atoms with Crippen molar-refractivity contribution < 1.29 is 4.79 Å². The standard InChI is InChI=1S/C22H23Cl2N3O/c1-5-27-20-9-6-15(10-17(20)14(2)12-22(27,3)4)13-25-26-21(28)16-7-8-18(23)19(24)11-16/h6-13H,5H2,1-4H3,(H,26,28)/b25-13+. The minimum Gasteiger partial charge on any atom is -0.363 e. The Morgan fingerprint density at radius 1 is 1.18 bits per heavy atom. The Morgan fingerprint density at radius 2 is 1.93 bits per heavy atom. The van der Waals surface area contributed by atoms with Crippen molar-refractivity contribution in [3.63, 3.8) is 0 Å². The van der Waals surface area contributed by atoms with Gasteiger partial charge in [-0.15, -0.1) is 0 Å². The van der Waals surface area contributed by atoms with Crippen LogP contribution in [0.4, 0.5) is 5.69 Å². The van der Waals surface area contributed by atoms with Crippen molar-refractivity contribution >= 4 is 46.6 Å². The molecule has 2 aromatic rings. The molecule has 1 aliphatic heterocycles. The van der Waals surface area contributed by atoms with Gasteiger partial charge in [0.05, 0.1) is 21.8 Å². The van der Waals surface area contributed by atoms with Crippen molar-refractivity contribution in [1.29, 1.82) is 0 Å². The highest BCUT2D eigenvalue weighted by Crippen LogP contribution is 2.38. The van der Waals surface area contributed by atoms with Gasteiger partial charge in [0.2, 0.25) is 0 Å². The minimum atomic E-state index is -0.345. The van der Waals surface area contributed by atoms with Crippen molar-refractivity contribution in [3.05, 3.63) is 69.2 Å². The monoisotopic (exact) mass is 415 g/mol. The van der Waals surface area contributed by atoms with Gasteiger partial charge < -0.3 is 4.90 Å². The number of benzene rings is 2. The van der Waals surface area contributed by atoms with Crippen molar-refractivity contribution in [2.45, 2.75) is 33.2 Å². The normalized spacial score (nSPS) is 15.4. The molecule has 0 saturated carbocycles. The fraction of sp³-hybridized carbons (Fsp3) is 0.273. The number of likely N-dealkylation sites (N-methyl/N-ethyl adjacent to an activating group) is 1. The molecule has 0 radical (unpaired) electrons. The van der Waals surface area contributed by atoms with Gasteiger partial charge in [-0.3, -0.25) is 4.79 Å². The Morgan fingerprint density at radius 3 is 2.61 bits per heavy atom. The van der Waals surface area contributed by atoms with Gasteiger partial charge in [0.15, 0.2) is 0 Å². The first kappa shape index (κ1) is 20.4. The van der Waals surface area contributed by atoms with E-state index in [4.69, 9.17) is 23.2 Å². The van der Waals surface area contributed by atoms with E-state index in [-0.39, 0.29) is 11.4 Å². The summed E-state index contributed by atoms with van der Waals surface area (Å²) < 4.78 is 0. The third-order valence-corrected chi connectivity index (χ3v) is 5.62. The molecule has 0 aromatic heterocycles. The lowest BCUT2D eigenvalue weighted by Crippen LogP contribution is -2.44. The Bertz CT molecular complexity index is 980. The van der Waals surface area contributed by atoms with E-state index in [1.807, 2.05) is 6.07 Å². The molecule has 3 rings (SSSR count). The third kappa shape index (κ3) is 4.08. The number of nitrogens with zero attached hydrogens (tertiary/aromatic N) is 2. The first-order chi connectivity index (χ1) is 13.2. The predicted octanol–water partition coefficient (Wildman–Crippen LogP) is 5.78. The van der Waals surface area contributed by atoms with Gasteiger partial charge in [0.25, 0.3) is 5.91 Å². The second-order valence-corrected chi connectivity index (χ2v) is 8.14. The van der Waals surface area contributed by atoms with E-state index in [0.717, 1.165) is 12.1 Å². The number of carbonyl (C=O) groups is 1. The second-order valence-electron chi connectivity index (χ2n) is 7.33. The fourth-order valence-corrected chi connectivity index (χ4v) is 3.92. The third-order valence-electron chi connectivity index (χ3n) is 4.88. The maximum atomic E-state index is 12.2. The lowest BCUT2D eigenvalue weighted by Gasteiger charge is -2.42. The van der Waals surface area contributed by atoms with Crippen LogP contribution in [0.5, 0.6) is 0 Å². The summed E-state index contributed by atoms with van der Waals surface area (Å²) in [5, 5.41) is 4.82. The van der Waals surface area contributed by atoms with E-state index in [1.165, 1.54) is 22.9 Å². The van der Waals surface area contributed by atoms with Crippen LogP contribution in [-0.2, 0) is 0 Å². The van der Waals surface area contributed by atoms with Crippen LogP contribution in [-0.4, -0.2) is 24.2 Å². The van der Waals surface area contributed by atoms with Crippen LogP contribution in [0.15, 0.2) is 47.6 Å².